The molecule has 3 aromatic rings. The SMILES string of the molecule is CN(C)CCCNC(=O)c1cccc(-c2ccccc2CSCCOc2ccccc2)c1.O=C(O)C(=O)O. The summed E-state index contributed by atoms with van der Waals surface area (Å²) in [5.41, 5.74) is 4.21. The number of thioether (sulfide) groups is 1. The summed E-state index contributed by atoms with van der Waals surface area (Å²) in [5.74, 6) is -0.945. The van der Waals surface area contributed by atoms with Crippen molar-refractivity contribution in [3.63, 3.8) is 0 Å². The summed E-state index contributed by atoms with van der Waals surface area (Å²) in [4.78, 5) is 32.9. The van der Waals surface area contributed by atoms with Crippen LogP contribution in [0.1, 0.15) is 22.3 Å². The van der Waals surface area contributed by atoms with Crippen LogP contribution in [0.3, 0.4) is 0 Å². The zero-order valence-corrected chi connectivity index (χ0v) is 22.4. The number of ether oxygens (including phenoxy) is 1. The van der Waals surface area contributed by atoms with Crippen molar-refractivity contribution >= 4 is 29.6 Å². The Balaban J connectivity index is 0.000000757. The number of hydrogen-bond donors (Lipinski definition) is 3. The monoisotopic (exact) mass is 538 g/mol. The standard InChI is InChI=1S/C27H32N2O2S.C2H2O4/c1-29(2)17-9-16-28-27(30)23-12-8-11-22(20-23)26-15-7-6-10-24(26)21-32-19-18-31-25-13-4-3-5-14-25;3-1(4)2(5)6/h3-8,10-15,20H,9,16-19,21H2,1-2H3,(H,28,30);(H,3,4)(H,5,6). The van der Waals surface area contributed by atoms with Crippen molar-refractivity contribution in [3.8, 4) is 16.9 Å². The second kappa shape index (κ2) is 16.8. The van der Waals surface area contributed by atoms with Crippen molar-refractivity contribution in [2.75, 3.05) is 39.5 Å². The van der Waals surface area contributed by atoms with Gasteiger partial charge in [-0.05, 0) is 68.0 Å². The molecular weight excluding hydrogens is 504 g/mol. The molecule has 0 unspecified atom stereocenters. The lowest BCUT2D eigenvalue weighted by atomic mass is 9.99. The first kappa shape index (κ1) is 30.4. The average Bonchev–Trinajstić information content (AvgIpc) is 2.92. The van der Waals surface area contributed by atoms with Gasteiger partial charge < -0.3 is 25.2 Å². The molecule has 0 radical (unpaired) electrons. The van der Waals surface area contributed by atoms with Crippen molar-refractivity contribution in [2.45, 2.75) is 12.2 Å². The molecule has 0 atom stereocenters. The number of rotatable bonds is 12. The minimum absolute atomic E-state index is 0.0180. The Hall–Kier alpha value is -3.82. The van der Waals surface area contributed by atoms with E-state index in [-0.39, 0.29) is 5.91 Å². The molecule has 0 fully saturated rings. The Kier molecular flexibility index (Phi) is 13.5. The van der Waals surface area contributed by atoms with E-state index in [1.54, 1.807) is 0 Å². The van der Waals surface area contributed by atoms with E-state index in [0.717, 1.165) is 35.8 Å². The van der Waals surface area contributed by atoms with Gasteiger partial charge in [-0.25, -0.2) is 9.59 Å². The summed E-state index contributed by atoms with van der Waals surface area (Å²) < 4.78 is 5.79. The molecule has 3 aromatic carbocycles. The molecule has 1 amide bonds. The van der Waals surface area contributed by atoms with Gasteiger partial charge >= 0.3 is 11.9 Å². The van der Waals surface area contributed by atoms with Crippen LogP contribution in [0.15, 0.2) is 78.9 Å². The van der Waals surface area contributed by atoms with E-state index in [2.05, 4.69) is 40.5 Å². The Morgan fingerprint density at radius 3 is 2.26 bits per heavy atom. The van der Waals surface area contributed by atoms with Crippen molar-refractivity contribution in [1.29, 1.82) is 0 Å². The third kappa shape index (κ3) is 11.5. The molecule has 0 aliphatic carbocycles. The van der Waals surface area contributed by atoms with Crippen LogP contribution in [0.4, 0.5) is 0 Å². The highest BCUT2D eigenvalue weighted by Gasteiger charge is 2.10. The van der Waals surface area contributed by atoms with Gasteiger partial charge in [0.2, 0.25) is 0 Å². The van der Waals surface area contributed by atoms with Crippen LogP contribution in [0, 0.1) is 0 Å². The van der Waals surface area contributed by atoms with Crippen LogP contribution < -0.4 is 10.1 Å². The predicted molar refractivity (Wildman–Crippen MR) is 151 cm³/mol. The number of carboxylic acid groups (broad SMARTS) is 2. The quantitative estimate of drug-likeness (QED) is 0.228. The fourth-order valence-corrected chi connectivity index (χ4v) is 4.19. The van der Waals surface area contributed by atoms with Crippen LogP contribution in [-0.4, -0.2) is 72.5 Å². The lowest BCUT2D eigenvalue weighted by Crippen LogP contribution is -2.27. The molecular formula is C29H34N2O6S. The Bertz CT molecular complexity index is 1160. The van der Waals surface area contributed by atoms with Crippen molar-refractivity contribution in [1.82, 2.24) is 10.2 Å². The zero-order valence-electron chi connectivity index (χ0n) is 21.6. The molecule has 9 heteroatoms. The molecule has 3 N–H and O–H groups in total. The van der Waals surface area contributed by atoms with Gasteiger partial charge in [0.25, 0.3) is 5.91 Å². The highest BCUT2D eigenvalue weighted by Crippen LogP contribution is 2.27. The van der Waals surface area contributed by atoms with Gasteiger partial charge in [0, 0.05) is 23.6 Å². The van der Waals surface area contributed by atoms with Crippen LogP contribution in [0.5, 0.6) is 5.75 Å². The minimum atomic E-state index is -1.82. The first-order chi connectivity index (χ1) is 18.3. The van der Waals surface area contributed by atoms with Gasteiger partial charge in [0.1, 0.15) is 5.75 Å². The fraction of sp³-hybridized carbons (Fsp3) is 0.276. The van der Waals surface area contributed by atoms with Gasteiger partial charge in [-0.2, -0.15) is 11.8 Å². The van der Waals surface area contributed by atoms with E-state index in [1.807, 2.05) is 74.4 Å². The van der Waals surface area contributed by atoms with E-state index in [0.29, 0.717) is 18.7 Å². The summed E-state index contributed by atoms with van der Waals surface area (Å²) in [6.45, 7) is 2.32. The largest absolute Gasteiger partial charge is 0.493 e. The lowest BCUT2D eigenvalue weighted by molar-refractivity contribution is -0.159. The fourth-order valence-electron chi connectivity index (χ4n) is 3.37. The molecule has 3 rings (SSSR count). The summed E-state index contributed by atoms with van der Waals surface area (Å²) in [5, 5.41) is 17.8. The number of nitrogens with one attached hydrogen (secondary N) is 1. The second-order valence-corrected chi connectivity index (χ2v) is 9.58. The third-order valence-corrected chi connectivity index (χ3v) is 6.17. The van der Waals surface area contributed by atoms with Crippen LogP contribution >= 0.6 is 11.8 Å². The van der Waals surface area contributed by atoms with Crippen molar-refractivity contribution < 1.29 is 29.3 Å². The van der Waals surface area contributed by atoms with Gasteiger partial charge in [-0.15, -0.1) is 0 Å². The lowest BCUT2D eigenvalue weighted by Gasteiger charge is -2.12. The highest BCUT2D eigenvalue weighted by atomic mass is 32.2. The summed E-state index contributed by atoms with van der Waals surface area (Å²) in [6.07, 6.45) is 0.937. The molecule has 0 bridgehead atoms. The number of para-hydroxylation sites is 1. The number of benzene rings is 3. The molecule has 0 heterocycles. The Labute approximate surface area is 227 Å². The number of hydrogen-bond acceptors (Lipinski definition) is 6. The summed E-state index contributed by atoms with van der Waals surface area (Å²) >= 11 is 1.85. The van der Waals surface area contributed by atoms with Crippen molar-refractivity contribution in [2.24, 2.45) is 0 Å². The summed E-state index contributed by atoms with van der Waals surface area (Å²) in [7, 11) is 4.08. The first-order valence-electron chi connectivity index (χ1n) is 12.1. The molecule has 0 aliphatic rings. The maximum absolute atomic E-state index is 12.6. The molecule has 8 nitrogen and oxygen atoms in total. The number of carbonyl (C=O) groups is 3. The molecule has 0 aliphatic heterocycles. The van der Waals surface area contributed by atoms with Gasteiger partial charge in [-0.3, -0.25) is 4.79 Å². The predicted octanol–water partition coefficient (Wildman–Crippen LogP) is 4.50. The Morgan fingerprint density at radius 2 is 1.58 bits per heavy atom. The molecule has 202 valence electrons. The minimum Gasteiger partial charge on any atom is -0.493 e. The second-order valence-electron chi connectivity index (χ2n) is 8.48. The topological polar surface area (TPSA) is 116 Å². The number of carboxylic acids is 2. The number of aliphatic carboxylic acids is 2. The smallest absolute Gasteiger partial charge is 0.414 e. The van der Waals surface area contributed by atoms with E-state index in [1.165, 1.54) is 11.1 Å². The molecule has 0 spiro atoms. The normalized spacial score (nSPS) is 10.3. The molecule has 0 saturated heterocycles. The van der Waals surface area contributed by atoms with Crippen LogP contribution in [-0.2, 0) is 15.3 Å². The van der Waals surface area contributed by atoms with Gasteiger partial charge in [0.15, 0.2) is 0 Å². The van der Waals surface area contributed by atoms with Crippen LogP contribution in [0.25, 0.3) is 11.1 Å². The number of nitrogens with zero attached hydrogens (tertiary/aromatic N) is 1. The Morgan fingerprint density at radius 1 is 0.895 bits per heavy atom. The summed E-state index contributed by atoms with van der Waals surface area (Å²) in [6, 6.07) is 26.2. The number of amides is 1. The molecule has 0 aromatic heterocycles. The maximum Gasteiger partial charge on any atom is 0.414 e. The first-order valence-corrected chi connectivity index (χ1v) is 13.3. The van der Waals surface area contributed by atoms with E-state index in [9.17, 15) is 4.79 Å². The average molecular weight is 539 g/mol. The molecule has 38 heavy (non-hydrogen) atoms. The van der Waals surface area contributed by atoms with Crippen LogP contribution in [0.2, 0.25) is 0 Å². The zero-order chi connectivity index (χ0) is 27.8. The molecule has 0 saturated carbocycles. The number of carbonyl (C=O) groups excluding carboxylic acids is 1. The highest BCUT2D eigenvalue weighted by molar-refractivity contribution is 7.98. The van der Waals surface area contributed by atoms with Gasteiger partial charge in [0.05, 0.1) is 6.61 Å². The maximum atomic E-state index is 12.6. The van der Waals surface area contributed by atoms with E-state index in [4.69, 9.17) is 24.5 Å². The third-order valence-electron chi connectivity index (χ3n) is 5.20. The van der Waals surface area contributed by atoms with Crippen molar-refractivity contribution in [3.05, 3.63) is 90.0 Å². The van der Waals surface area contributed by atoms with Gasteiger partial charge in [-0.1, -0.05) is 54.6 Å². The van der Waals surface area contributed by atoms with E-state index >= 15 is 0 Å². The van der Waals surface area contributed by atoms with E-state index < -0.39 is 11.9 Å².